The fourth-order valence-electron chi connectivity index (χ4n) is 0.261. The number of hydrogen-bond acceptors (Lipinski definition) is 3. The van der Waals surface area contributed by atoms with Crippen LogP contribution in [-0.2, 0) is 4.79 Å². The van der Waals surface area contributed by atoms with Crippen LogP contribution in [0.25, 0.3) is 0 Å². The summed E-state index contributed by atoms with van der Waals surface area (Å²) in [5.41, 5.74) is 2.43. The van der Waals surface area contributed by atoms with E-state index in [2.05, 4.69) is 22.4 Å². The Labute approximate surface area is 53.6 Å². The molecule has 0 rings (SSSR count). The summed E-state index contributed by atoms with van der Waals surface area (Å²) in [4.78, 5) is 10.4. The first-order valence-corrected chi connectivity index (χ1v) is 2.42. The molecular weight excluding hydrogens is 118 g/mol. The summed E-state index contributed by atoms with van der Waals surface area (Å²) in [5, 5.41) is 5.77. The third kappa shape index (κ3) is 4.53. The maximum absolute atomic E-state index is 10.4. The highest BCUT2D eigenvalue weighted by Crippen LogP contribution is 1.58. The van der Waals surface area contributed by atoms with Crippen molar-refractivity contribution in [2.45, 2.75) is 0 Å². The van der Waals surface area contributed by atoms with Gasteiger partial charge in [-0.2, -0.15) is 5.10 Å². The van der Waals surface area contributed by atoms with Gasteiger partial charge in [0.25, 0.3) is 5.91 Å². The fourth-order valence-corrected chi connectivity index (χ4v) is 0.261. The van der Waals surface area contributed by atoms with E-state index in [4.69, 9.17) is 0 Å². The highest BCUT2D eigenvalue weighted by molar-refractivity contribution is 6.26. The summed E-state index contributed by atoms with van der Waals surface area (Å²) < 4.78 is 0. The topological polar surface area (TPSA) is 53.5 Å². The lowest BCUT2D eigenvalue weighted by molar-refractivity contribution is -0.113. The average Bonchev–Trinajstić information content (AvgIpc) is 1.85. The number of nitrogens with zero attached hydrogens (tertiary/aromatic N) is 1. The zero-order valence-corrected chi connectivity index (χ0v) is 5.22. The molecular formula is C5H9N3O. The monoisotopic (exact) mass is 127 g/mol. The van der Waals surface area contributed by atoms with Gasteiger partial charge in [0, 0.05) is 7.05 Å². The Morgan fingerprint density at radius 2 is 2.44 bits per heavy atom. The Balaban J connectivity index is 3.49. The van der Waals surface area contributed by atoms with Crippen molar-refractivity contribution in [3.8, 4) is 0 Å². The summed E-state index contributed by atoms with van der Waals surface area (Å²) in [6.07, 6.45) is 2.42. The maximum Gasteiger partial charge on any atom is 0.268 e. The Morgan fingerprint density at radius 3 is 2.89 bits per heavy atom. The van der Waals surface area contributed by atoms with E-state index in [-0.39, 0.29) is 5.91 Å². The van der Waals surface area contributed by atoms with Gasteiger partial charge in [-0.15, -0.1) is 0 Å². The minimum Gasteiger partial charge on any atom is -0.328 e. The highest BCUT2D eigenvalue weighted by Gasteiger charge is 1.86. The molecule has 0 saturated heterocycles. The molecule has 0 aliphatic carbocycles. The maximum atomic E-state index is 10.4. The molecule has 4 nitrogen and oxygen atoms in total. The van der Waals surface area contributed by atoms with E-state index >= 15 is 0 Å². The number of hydrogen-bond donors (Lipinski definition) is 2. The van der Waals surface area contributed by atoms with Crippen LogP contribution in [0.1, 0.15) is 0 Å². The van der Waals surface area contributed by atoms with Crippen LogP contribution in [0, 0.1) is 0 Å². The van der Waals surface area contributed by atoms with E-state index in [0.717, 1.165) is 6.21 Å². The second-order valence-corrected chi connectivity index (χ2v) is 1.19. The van der Waals surface area contributed by atoms with E-state index in [1.807, 2.05) is 0 Å². The first-order valence-electron chi connectivity index (χ1n) is 2.42. The van der Waals surface area contributed by atoms with Gasteiger partial charge < -0.3 is 10.7 Å². The Kier molecular flexibility index (Phi) is 4.12. The molecule has 0 aromatic rings. The molecule has 0 aromatic heterocycles. The normalized spacial score (nSPS) is 9.00. The smallest absolute Gasteiger partial charge is 0.268 e. The van der Waals surface area contributed by atoms with Crippen LogP contribution in [-0.4, -0.2) is 19.2 Å². The van der Waals surface area contributed by atoms with Crippen molar-refractivity contribution in [2.24, 2.45) is 5.10 Å². The van der Waals surface area contributed by atoms with E-state index in [0.29, 0.717) is 0 Å². The molecule has 9 heavy (non-hydrogen) atoms. The molecule has 0 aliphatic heterocycles. The van der Waals surface area contributed by atoms with Gasteiger partial charge in [-0.05, 0) is 6.20 Å². The second-order valence-electron chi connectivity index (χ2n) is 1.19. The van der Waals surface area contributed by atoms with Crippen LogP contribution in [0.5, 0.6) is 0 Å². The molecule has 0 aliphatic rings. The minimum absolute atomic E-state index is 0.292. The molecule has 0 heterocycles. The molecule has 0 atom stereocenters. The molecule has 50 valence electrons. The molecule has 0 saturated carbocycles. The molecule has 0 radical (unpaired) electrons. The van der Waals surface area contributed by atoms with Crippen LogP contribution < -0.4 is 10.7 Å². The number of rotatable bonds is 3. The van der Waals surface area contributed by atoms with Crippen LogP contribution in [0.3, 0.4) is 0 Å². The van der Waals surface area contributed by atoms with Gasteiger partial charge in [0.1, 0.15) is 6.21 Å². The van der Waals surface area contributed by atoms with Crippen molar-refractivity contribution in [1.29, 1.82) is 0 Å². The molecule has 0 aromatic carbocycles. The molecule has 0 bridgehead atoms. The van der Waals surface area contributed by atoms with Gasteiger partial charge in [0.2, 0.25) is 0 Å². The van der Waals surface area contributed by atoms with Gasteiger partial charge in [-0.1, -0.05) is 6.58 Å². The summed E-state index contributed by atoms with van der Waals surface area (Å²) in [6, 6.07) is 0. The van der Waals surface area contributed by atoms with E-state index in [9.17, 15) is 4.79 Å². The number of carbonyl (C=O) groups excluding carboxylic acids is 1. The molecule has 0 spiro atoms. The number of hydrazone groups is 1. The van der Waals surface area contributed by atoms with E-state index in [1.165, 1.54) is 6.20 Å². The number of nitrogens with one attached hydrogen (secondary N) is 2. The zero-order valence-electron chi connectivity index (χ0n) is 5.22. The first kappa shape index (κ1) is 7.68. The van der Waals surface area contributed by atoms with Crippen molar-refractivity contribution < 1.29 is 4.79 Å². The second kappa shape index (κ2) is 4.83. The summed E-state index contributed by atoms with van der Waals surface area (Å²) in [7, 11) is 1.61. The molecule has 4 heteroatoms. The molecule has 1 amide bonds. The first-order chi connectivity index (χ1) is 4.31. The largest absolute Gasteiger partial charge is 0.328 e. The van der Waals surface area contributed by atoms with Crippen LogP contribution in [0.2, 0.25) is 0 Å². The van der Waals surface area contributed by atoms with Gasteiger partial charge in [-0.25, -0.2) is 0 Å². The predicted octanol–water partition coefficient (Wildman–Crippen LogP) is -0.549. The SMILES string of the molecule is C=CNC(=O)/C=N\NC. The molecule has 0 unspecified atom stereocenters. The lowest BCUT2D eigenvalue weighted by Crippen LogP contribution is -2.18. The van der Waals surface area contributed by atoms with Crippen LogP contribution >= 0.6 is 0 Å². The average molecular weight is 127 g/mol. The Hall–Kier alpha value is -1.32. The fraction of sp³-hybridized carbons (Fsp3) is 0.200. The van der Waals surface area contributed by atoms with E-state index < -0.39 is 0 Å². The number of amides is 1. The van der Waals surface area contributed by atoms with Crippen molar-refractivity contribution in [3.05, 3.63) is 12.8 Å². The highest BCUT2D eigenvalue weighted by atomic mass is 16.1. The van der Waals surface area contributed by atoms with Crippen molar-refractivity contribution >= 4 is 12.1 Å². The third-order valence-electron chi connectivity index (χ3n) is 0.555. The summed E-state index contributed by atoms with van der Waals surface area (Å²) in [5.74, 6) is -0.292. The van der Waals surface area contributed by atoms with Gasteiger partial charge in [-0.3, -0.25) is 4.79 Å². The summed E-state index contributed by atoms with van der Waals surface area (Å²) >= 11 is 0. The van der Waals surface area contributed by atoms with Crippen molar-refractivity contribution in [2.75, 3.05) is 7.05 Å². The van der Waals surface area contributed by atoms with Crippen LogP contribution in [0.15, 0.2) is 17.9 Å². The van der Waals surface area contributed by atoms with Gasteiger partial charge in [0.15, 0.2) is 0 Å². The van der Waals surface area contributed by atoms with Crippen molar-refractivity contribution in [3.63, 3.8) is 0 Å². The third-order valence-corrected chi connectivity index (χ3v) is 0.555. The molecule has 0 fully saturated rings. The number of carbonyl (C=O) groups is 1. The summed E-state index contributed by atoms with van der Waals surface area (Å²) in [6.45, 7) is 3.29. The van der Waals surface area contributed by atoms with E-state index in [1.54, 1.807) is 7.05 Å². The minimum atomic E-state index is -0.292. The van der Waals surface area contributed by atoms with Gasteiger partial charge >= 0.3 is 0 Å². The lowest BCUT2D eigenvalue weighted by Gasteiger charge is -1.88. The standard InChI is InChI=1S/C5H9N3O/c1-3-7-5(9)4-8-6-2/h3-4,6H,1H2,2H3,(H,7,9)/b8-4-. The zero-order chi connectivity index (χ0) is 7.11. The Bertz CT molecular complexity index is 130. The molecule has 2 N–H and O–H groups in total. The van der Waals surface area contributed by atoms with Crippen molar-refractivity contribution in [1.82, 2.24) is 10.7 Å². The van der Waals surface area contributed by atoms with Crippen LogP contribution in [0.4, 0.5) is 0 Å². The quantitative estimate of drug-likeness (QED) is 0.395. The lowest BCUT2D eigenvalue weighted by atomic mass is 10.7. The Morgan fingerprint density at radius 1 is 1.78 bits per heavy atom. The van der Waals surface area contributed by atoms with Gasteiger partial charge in [0.05, 0.1) is 0 Å². The predicted molar refractivity (Wildman–Crippen MR) is 35.9 cm³/mol.